The summed E-state index contributed by atoms with van der Waals surface area (Å²) in [7, 11) is 2.01. The molecule has 0 saturated carbocycles. The van der Waals surface area contributed by atoms with Gasteiger partial charge < -0.3 is 14.3 Å². The van der Waals surface area contributed by atoms with Gasteiger partial charge in [0.2, 0.25) is 0 Å². The Bertz CT molecular complexity index is 937. The molecule has 1 fully saturated rings. The van der Waals surface area contributed by atoms with E-state index in [9.17, 15) is 10.1 Å². The van der Waals surface area contributed by atoms with E-state index < -0.39 is 4.92 Å². The van der Waals surface area contributed by atoms with E-state index >= 15 is 0 Å². The van der Waals surface area contributed by atoms with Gasteiger partial charge >= 0.3 is 0 Å². The Morgan fingerprint density at radius 1 is 1.29 bits per heavy atom. The lowest BCUT2D eigenvalue weighted by atomic mass is 10.1. The quantitative estimate of drug-likeness (QED) is 0.520. The van der Waals surface area contributed by atoms with Crippen molar-refractivity contribution in [2.75, 3.05) is 19.6 Å². The van der Waals surface area contributed by atoms with E-state index in [1.807, 2.05) is 31.6 Å². The molecule has 0 radical (unpaired) electrons. The molecule has 1 aliphatic heterocycles. The fourth-order valence-corrected chi connectivity index (χ4v) is 3.45. The van der Waals surface area contributed by atoms with Crippen LogP contribution in [0.25, 0.3) is 11.3 Å². The van der Waals surface area contributed by atoms with Gasteiger partial charge in [-0.05, 0) is 24.3 Å². The van der Waals surface area contributed by atoms with E-state index in [0.29, 0.717) is 12.3 Å². The van der Waals surface area contributed by atoms with Gasteiger partial charge in [0.05, 0.1) is 17.5 Å². The first-order valence-corrected chi connectivity index (χ1v) is 8.87. The van der Waals surface area contributed by atoms with Crippen LogP contribution in [0.5, 0.6) is 0 Å². The van der Waals surface area contributed by atoms with Crippen LogP contribution in [0, 0.1) is 10.1 Å². The molecular weight excluding hydrogens is 382 g/mol. The third-order valence-corrected chi connectivity index (χ3v) is 4.89. The number of halogens is 1. The van der Waals surface area contributed by atoms with Crippen molar-refractivity contribution < 1.29 is 9.34 Å². The Balaban J connectivity index is 0.00000225. The second-order valence-electron chi connectivity index (χ2n) is 6.66. The fourth-order valence-electron chi connectivity index (χ4n) is 3.45. The molecule has 0 bridgehead atoms. The number of piperazine rings is 1. The van der Waals surface area contributed by atoms with Gasteiger partial charge in [0, 0.05) is 56.8 Å². The van der Waals surface area contributed by atoms with E-state index in [4.69, 9.17) is 4.42 Å². The fraction of sp³-hybridized carbons (Fsp3) is 0.316. The minimum Gasteiger partial charge on any atom is -0.460 e. The zero-order chi connectivity index (χ0) is 18.8. The number of aromatic nitrogens is 2. The Morgan fingerprint density at radius 2 is 2.07 bits per heavy atom. The van der Waals surface area contributed by atoms with Gasteiger partial charge in [-0.25, -0.2) is 4.98 Å². The molecule has 1 N–H and O–H groups in total. The highest BCUT2D eigenvalue weighted by atomic mass is 35.5. The SMILES string of the molecule is Cl.Cn1ccnc1C1CNCCN1Cc1ccc(-c2ccc([N+](=O)[O-])cc2)o1. The van der Waals surface area contributed by atoms with E-state index in [2.05, 4.69) is 19.8 Å². The van der Waals surface area contributed by atoms with Crippen LogP contribution in [0.15, 0.2) is 53.2 Å². The third kappa shape index (κ3) is 4.09. The molecule has 0 amide bonds. The minimum atomic E-state index is -0.403. The first-order valence-electron chi connectivity index (χ1n) is 8.87. The van der Waals surface area contributed by atoms with Crippen LogP contribution in [-0.2, 0) is 13.6 Å². The number of non-ortho nitro benzene ring substituents is 1. The van der Waals surface area contributed by atoms with E-state index in [1.54, 1.807) is 12.1 Å². The lowest BCUT2D eigenvalue weighted by molar-refractivity contribution is -0.384. The number of nitrogens with one attached hydrogen (secondary N) is 1. The maximum absolute atomic E-state index is 10.8. The molecule has 1 atom stereocenters. The number of nitro groups is 1. The van der Waals surface area contributed by atoms with Crippen LogP contribution in [0.4, 0.5) is 5.69 Å². The van der Waals surface area contributed by atoms with Crippen LogP contribution < -0.4 is 5.32 Å². The topological polar surface area (TPSA) is 89.4 Å². The largest absolute Gasteiger partial charge is 0.460 e. The van der Waals surface area contributed by atoms with E-state index in [1.165, 1.54) is 12.1 Å². The standard InChI is InChI=1S/C19H21N5O3.ClH/c1-22-10-9-21-19(22)17-12-20-8-11-23(17)13-16-6-7-18(27-16)14-2-4-15(5-3-14)24(25)26;/h2-7,9-10,17,20H,8,11-13H2,1H3;1H. The van der Waals surface area contributed by atoms with Crippen LogP contribution in [-0.4, -0.2) is 39.0 Å². The average molecular weight is 404 g/mol. The molecule has 3 aromatic rings. The maximum atomic E-state index is 10.8. The number of aryl methyl sites for hydroxylation is 1. The lowest BCUT2D eigenvalue weighted by Crippen LogP contribution is -2.46. The summed E-state index contributed by atoms with van der Waals surface area (Å²) in [5.41, 5.74) is 0.900. The van der Waals surface area contributed by atoms with Gasteiger partial charge in [-0.1, -0.05) is 0 Å². The monoisotopic (exact) mass is 403 g/mol. The van der Waals surface area contributed by atoms with Crippen LogP contribution in [0.2, 0.25) is 0 Å². The molecule has 2 aromatic heterocycles. The number of imidazole rings is 1. The molecule has 4 rings (SSSR count). The van der Waals surface area contributed by atoms with Crippen molar-refractivity contribution >= 4 is 18.1 Å². The minimum absolute atomic E-state index is 0. The summed E-state index contributed by atoms with van der Waals surface area (Å²) < 4.78 is 8.06. The highest BCUT2D eigenvalue weighted by molar-refractivity contribution is 5.85. The van der Waals surface area contributed by atoms with Gasteiger partial charge in [-0.15, -0.1) is 12.4 Å². The molecule has 1 unspecified atom stereocenters. The van der Waals surface area contributed by atoms with Crippen molar-refractivity contribution in [3.63, 3.8) is 0 Å². The van der Waals surface area contributed by atoms with Crippen LogP contribution in [0.3, 0.4) is 0 Å². The molecule has 1 aromatic carbocycles. The highest BCUT2D eigenvalue weighted by Crippen LogP contribution is 2.27. The number of hydrogen-bond acceptors (Lipinski definition) is 6. The summed E-state index contributed by atoms with van der Waals surface area (Å²) in [4.78, 5) is 17.2. The number of benzene rings is 1. The Hall–Kier alpha value is -2.68. The molecule has 9 heteroatoms. The summed E-state index contributed by atoms with van der Waals surface area (Å²) in [5, 5.41) is 14.2. The zero-order valence-electron chi connectivity index (χ0n) is 15.4. The second kappa shape index (κ2) is 8.55. The molecule has 1 saturated heterocycles. The van der Waals surface area contributed by atoms with Gasteiger partial charge in [0.1, 0.15) is 17.3 Å². The molecule has 28 heavy (non-hydrogen) atoms. The summed E-state index contributed by atoms with van der Waals surface area (Å²) in [6.45, 7) is 3.37. The molecule has 8 nitrogen and oxygen atoms in total. The van der Waals surface area contributed by atoms with E-state index in [-0.39, 0.29) is 24.1 Å². The molecular formula is C19H22ClN5O3. The summed E-state index contributed by atoms with van der Waals surface area (Å²) in [6, 6.07) is 10.5. The molecule has 0 aliphatic carbocycles. The predicted octanol–water partition coefficient (Wildman–Crippen LogP) is 3.16. The Labute approximate surface area is 168 Å². The average Bonchev–Trinajstić information content (AvgIpc) is 3.31. The number of hydrogen-bond donors (Lipinski definition) is 1. The Kier molecular flexibility index (Phi) is 6.13. The highest BCUT2D eigenvalue weighted by Gasteiger charge is 2.27. The van der Waals surface area contributed by atoms with E-state index in [0.717, 1.165) is 36.8 Å². The van der Waals surface area contributed by atoms with Crippen molar-refractivity contribution in [1.29, 1.82) is 0 Å². The number of nitro benzene ring substituents is 1. The lowest BCUT2D eigenvalue weighted by Gasteiger charge is -2.35. The second-order valence-corrected chi connectivity index (χ2v) is 6.66. The molecule has 1 aliphatic rings. The molecule has 3 heterocycles. The normalized spacial score (nSPS) is 17.2. The first kappa shape index (κ1) is 20.1. The number of rotatable bonds is 5. The summed E-state index contributed by atoms with van der Waals surface area (Å²) in [6.07, 6.45) is 3.78. The van der Waals surface area contributed by atoms with Gasteiger partial charge in [-0.2, -0.15) is 0 Å². The van der Waals surface area contributed by atoms with Crippen molar-refractivity contribution in [1.82, 2.24) is 19.8 Å². The van der Waals surface area contributed by atoms with Crippen LogP contribution in [0.1, 0.15) is 17.6 Å². The van der Waals surface area contributed by atoms with Gasteiger partial charge in [-0.3, -0.25) is 15.0 Å². The molecule has 148 valence electrons. The first-order chi connectivity index (χ1) is 13.1. The summed E-state index contributed by atoms with van der Waals surface area (Å²) in [5.74, 6) is 2.61. The van der Waals surface area contributed by atoms with Crippen LogP contribution >= 0.6 is 12.4 Å². The summed E-state index contributed by atoms with van der Waals surface area (Å²) >= 11 is 0. The smallest absolute Gasteiger partial charge is 0.269 e. The number of furan rings is 1. The van der Waals surface area contributed by atoms with Crippen molar-refractivity contribution in [2.24, 2.45) is 7.05 Å². The predicted molar refractivity (Wildman–Crippen MR) is 107 cm³/mol. The van der Waals surface area contributed by atoms with Crippen molar-refractivity contribution in [3.05, 3.63) is 70.5 Å². The number of nitrogens with zero attached hydrogens (tertiary/aromatic N) is 4. The van der Waals surface area contributed by atoms with Crippen molar-refractivity contribution in [2.45, 2.75) is 12.6 Å². The van der Waals surface area contributed by atoms with Crippen molar-refractivity contribution in [3.8, 4) is 11.3 Å². The third-order valence-electron chi connectivity index (χ3n) is 4.89. The van der Waals surface area contributed by atoms with Gasteiger partial charge in [0.15, 0.2) is 0 Å². The molecule has 0 spiro atoms. The Morgan fingerprint density at radius 3 is 2.75 bits per heavy atom. The maximum Gasteiger partial charge on any atom is 0.269 e. The zero-order valence-corrected chi connectivity index (χ0v) is 16.3. The van der Waals surface area contributed by atoms with Gasteiger partial charge in [0.25, 0.3) is 5.69 Å².